The second-order valence-corrected chi connectivity index (χ2v) is 12.5. The lowest BCUT2D eigenvalue weighted by Gasteiger charge is -2.25. The fourth-order valence-corrected chi connectivity index (χ4v) is 6.01. The lowest BCUT2D eigenvalue weighted by molar-refractivity contribution is -0.137. The van der Waals surface area contributed by atoms with Gasteiger partial charge in [0, 0.05) is 5.02 Å². The normalized spacial score (nSPS) is 11.8. The van der Waals surface area contributed by atoms with E-state index in [-0.39, 0.29) is 11.5 Å². The first-order chi connectivity index (χ1) is 21.8. The van der Waals surface area contributed by atoms with Crippen molar-refractivity contribution in [3.63, 3.8) is 0 Å². The van der Waals surface area contributed by atoms with Crippen molar-refractivity contribution in [3.05, 3.63) is 117 Å². The molecule has 46 heavy (non-hydrogen) atoms. The topological polar surface area (TPSA) is 97.3 Å². The Bertz CT molecular complexity index is 1840. The predicted molar refractivity (Wildman–Crippen MR) is 171 cm³/mol. The summed E-state index contributed by atoms with van der Waals surface area (Å²) in [6.07, 6.45) is -3.57. The minimum atomic E-state index is -4.87. The number of alkyl halides is 3. The van der Waals surface area contributed by atoms with Crippen LogP contribution in [0, 0.1) is 6.92 Å². The number of hydrogen-bond donors (Lipinski definition) is 1. The molecule has 0 radical (unpaired) electrons. The molecule has 4 aromatic carbocycles. The number of carbonyl (C=O) groups is 1. The smallest absolute Gasteiger partial charge is 0.417 e. The number of anilines is 1. The van der Waals surface area contributed by atoms with Crippen molar-refractivity contribution in [2.24, 2.45) is 5.10 Å². The Morgan fingerprint density at radius 3 is 2.37 bits per heavy atom. The number of carbonyl (C=O) groups excluding carboxylic acids is 1. The number of sulfonamides is 1. The predicted octanol–water partition coefficient (Wildman–Crippen LogP) is 7.64. The molecule has 0 atom stereocenters. The summed E-state index contributed by atoms with van der Waals surface area (Å²) in [7, 11) is -4.49. The Hall–Kier alpha value is -4.26. The molecular formula is C32H28Cl2F3N3O5S. The molecule has 242 valence electrons. The van der Waals surface area contributed by atoms with E-state index < -0.39 is 44.9 Å². The summed E-state index contributed by atoms with van der Waals surface area (Å²) < 4.78 is 80.1. The van der Waals surface area contributed by atoms with Gasteiger partial charge in [-0.15, -0.1) is 0 Å². The minimum absolute atomic E-state index is 0.223. The summed E-state index contributed by atoms with van der Waals surface area (Å²) in [6, 6.07) is 20.4. The number of nitrogens with one attached hydrogen (secondary N) is 1. The van der Waals surface area contributed by atoms with Crippen LogP contribution in [0.3, 0.4) is 0 Å². The first kappa shape index (κ1) is 34.6. The van der Waals surface area contributed by atoms with E-state index in [0.717, 1.165) is 23.3 Å². The Balaban J connectivity index is 1.54. The summed E-state index contributed by atoms with van der Waals surface area (Å²) in [5.74, 6) is -0.0403. The number of hydrogen-bond acceptors (Lipinski definition) is 6. The first-order valence-corrected chi connectivity index (χ1v) is 15.9. The van der Waals surface area contributed by atoms with E-state index in [9.17, 15) is 26.4 Å². The molecule has 0 saturated carbocycles. The van der Waals surface area contributed by atoms with Gasteiger partial charge in [0.2, 0.25) is 0 Å². The Labute approximate surface area is 274 Å². The van der Waals surface area contributed by atoms with Crippen molar-refractivity contribution in [1.29, 1.82) is 0 Å². The molecule has 8 nitrogen and oxygen atoms in total. The molecule has 0 saturated heterocycles. The maximum absolute atomic E-state index is 13.6. The van der Waals surface area contributed by atoms with Crippen LogP contribution in [-0.4, -0.2) is 33.7 Å². The molecule has 14 heteroatoms. The third-order valence-electron chi connectivity index (χ3n) is 6.39. The number of hydrazone groups is 1. The second kappa shape index (κ2) is 14.9. The van der Waals surface area contributed by atoms with E-state index in [1.54, 1.807) is 44.2 Å². The number of nitrogens with zero attached hydrogens (tertiary/aromatic N) is 2. The van der Waals surface area contributed by atoms with E-state index >= 15 is 0 Å². The van der Waals surface area contributed by atoms with Gasteiger partial charge < -0.3 is 9.47 Å². The van der Waals surface area contributed by atoms with Gasteiger partial charge in [0.05, 0.1) is 34.0 Å². The molecule has 1 amide bonds. The van der Waals surface area contributed by atoms with Crippen LogP contribution >= 0.6 is 23.2 Å². The zero-order chi connectivity index (χ0) is 33.5. The highest BCUT2D eigenvalue weighted by atomic mass is 35.5. The van der Waals surface area contributed by atoms with Gasteiger partial charge in [-0.3, -0.25) is 9.10 Å². The molecule has 0 bridgehead atoms. The van der Waals surface area contributed by atoms with E-state index in [2.05, 4.69) is 10.5 Å². The zero-order valence-electron chi connectivity index (χ0n) is 24.5. The first-order valence-electron chi connectivity index (χ1n) is 13.7. The summed E-state index contributed by atoms with van der Waals surface area (Å²) in [6.45, 7) is 3.25. The highest BCUT2D eigenvalue weighted by molar-refractivity contribution is 7.92. The van der Waals surface area contributed by atoms with Crippen molar-refractivity contribution >= 4 is 51.0 Å². The number of ether oxygens (including phenoxy) is 2. The molecule has 4 aromatic rings. The fourth-order valence-electron chi connectivity index (χ4n) is 4.16. The molecule has 0 aliphatic rings. The van der Waals surface area contributed by atoms with Crippen LogP contribution in [0.1, 0.15) is 29.2 Å². The maximum atomic E-state index is 13.6. The average molecular weight is 695 g/mol. The molecular weight excluding hydrogens is 666 g/mol. The van der Waals surface area contributed by atoms with Crippen LogP contribution in [0.2, 0.25) is 10.0 Å². The molecule has 0 unspecified atom stereocenters. The number of rotatable bonds is 12. The van der Waals surface area contributed by atoms with Gasteiger partial charge in [-0.05, 0) is 85.6 Å². The summed E-state index contributed by atoms with van der Waals surface area (Å²) in [5.41, 5.74) is 2.70. The van der Waals surface area contributed by atoms with Gasteiger partial charge >= 0.3 is 6.18 Å². The van der Waals surface area contributed by atoms with E-state index in [0.29, 0.717) is 39.1 Å². The van der Waals surface area contributed by atoms with Crippen molar-refractivity contribution < 1.29 is 35.9 Å². The Morgan fingerprint density at radius 2 is 1.70 bits per heavy atom. The molecule has 0 aliphatic heterocycles. The van der Waals surface area contributed by atoms with Crippen molar-refractivity contribution in [2.45, 2.75) is 31.5 Å². The van der Waals surface area contributed by atoms with Crippen LogP contribution in [0.5, 0.6) is 11.5 Å². The third kappa shape index (κ3) is 8.93. The van der Waals surface area contributed by atoms with Gasteiger partial charge in [-0.2, -0.15) is 18.3 Å². The summed E-state index contributed by atoms with van der Waals surface area (Å²) in [4.78, 5) is 12.7. The zero-order valence-corrected chi connectivity index (χ0v) is 26.8. The lowest BCUT2D eigenvalue weighted by atomic mass is 10.2. The Morgan fingerprint density at radius 1 is 0.957 bits per heavy atom. The number of aryl methyl sites for hydroxylation is 1. The van der Waals surface area contributed by atoms with Crippen molar-refractivity contribution in [1.82, 2.24) is 5.43 Å². The quantitative estimate of drug-likeness (QED) is 0.122. The molecule has 0 fully saturated rings. The lowest BCUT2D eigenvalue weighted by Crippen LogP contribution is -2.39. The van der Waals surface area contributed by atoms with Crippen LogP contribution in [0.4, 0.5) is 18.9 Å². The molecule has 0 spiro atoms. The van der Waals surface area contributed by atoms with Gasteiger partial charge in [0.15, 0.2) is 11.5 Å². The fraction of sp³-hybridized carbons (Fsp3) is 0.188. The highest BCUT2D eigenvalue weighted by Gasteiger charge is 2.35. The van der Waals surface area contributed by atoms with Crippen LogP contribution in [-0.2, 0) is 27.6 Å². The van der Waals surface area contributed by atoms with Gasteiger partial charge in [0.1, 0.15) is 13.2 Å². The summed E-state index contributed by atoms with van der Waals surface area (Å²) in [5, 5.41) is 3.86. The highest BCUT2D eigenvalue weighted by Crippen LogP contribution is 2.38. The molecule has 0 aromatic heterocycles. The van der Waals surface area contributed by atoms with E-state index in [4.69, 9.17) is 32.7 Å². The maximum Gasteiger partial charge on any atom is 0.417 e. The van der Waals surface area contributed by atoms with Crippen LogP contribution < -0.4 is 19.2 Å². The van der Waals surface area contributed by atoms with Crippen molar-refractivity contribution in [2.75, 3.05) is 17.5 Å². The Kier molecular flexibility index (Phi) is 11.2. The van der Waals surface area contributed by atoms with Crippen LogP contribution in [0.15, 0.2) is 94.9 Å². The molecule has 0 aliphatic carbocycles. The third-order valence-corrected chi connectivity index (χ3v) is 8.75. The van der Waals surface area contributed by atoms with Gasteiger partial charge in [0.25, 0.3) is 15.9 Å². The van der Waals surface area contributed by atoms with E-state index in [1.165, 1.54) is 30.5 Å². The largest absolute Gasteiger partial charge is 0.490 e. The standard InChI is InChI=1S/C32H28Cl2F3N3O5S/c1-3-44-30-16-22(9-14-29(30)45-20-23-5-4-6-24(33)15-23)18-38-39-31(41)19-40(46(42,43)26-11-7-21(2)8-12-26)25-10-13-28(34)27(17-25)32(35,36)37/h4-18H,3,19-20H2,1-2H3,(H,39,41). The van der Waals surface area contributed by atoms with Crippen LogP contribution in [0.25, 0.3) is 0 Å². The SMILES string of the molecule is CCOc1cc(C=NNC(=O)CN(c2ccc(Cl)c(C(F)(F)F)c2)S(=O)(=O)c2ccc(C)cc2)ccc1OCc1cccc(Cl)c1. The van der Waals surface area contributed by atoms with E-state index in [1.807, 2.05) is 12.1 Å². The summed E-state index contributed by atoms with van der Waals surface area (Å²) >= 11 is 11.8. The van der Waals surface area contributed by atoms with Gasteiger partial charge in [-0.25, -0.2) is 13.8 Å². The molecule has 4 rings (SSSR count). The monoisotopic (exact) mass is 693 g/mol. The molecule has 1 N–H and O–H groups in total. The minimum Gasteiger partial charge on any atom is -0.490 e. The van der Waals surface area contributed by atoms with Gasteiger partial charge in [-0.1, -0.05) is 53.0 Å². The number of benzene rings is 4. The second-order valence-electron chi connectivity index (χ2n) is 9.84. The average Bonchev–Trinajstić information content (AvgIpc) is 3.00. The molecule has 0 heterocycles. The number of halogens is 5. The number of amides is 1. The van der Waals surface area contributed by atoms with Crippen molar-refractivity contribution in [3.8, 4) is 11.5 Å².